The molecule has 6 heteroatoms. The molecule has 0 unspecified atom stereocenters. The van der Waals surface area contributed by atoms with E-state index in [2.05, 4.69) is 20.8 Å². The lowest BCUT2D eigenvalue weighted by Crippen LogP contribution is -2.48. The van der Waals surface area contributed by atoms with Gasteiger partial charge in [-0.05, 0) is 46.3 Å². The number of amides is 1. The van der Waals surface area contributed by atoms with E-state index in [1.54, 1.807) is 19.2 Å². The summed E-state index contributed by atoms with van der Waals surface area (Å²) in [6.07, 6.45) is 0. The summed E-state index contributed by atoms with van der Waals surface area (Å²) in [6, 6.07) is 13.3. The Kier molecular flexibility index (Phi) is 4.94. The summed E-state index contributed by atoms with van der Waals surface area (Å²) in [5.41, 5.74) is 8.15. The van der Waals surface area contributed by atoms with Crippen molar-refractivity contribution in [1.29, 1.82) is 0 Å². The van der Waals surface area contributed by atoms with Crippen molar-refractivity contribution in [3.05, 3.63) is 52.5 Å². The number of hydrogen-bond acceptors (Lipinski definition) is 4. The SMILES string of the molecule is COc1ccccc1N1CCN(C(=O)c2ccc(Br)c(N)c2)CC1. The largest absolute Gasteiger partial charge is 0.495 e. The monoisotopic (exact) mass is 389 g/mol. The summed E-state index contributed by atoms with van der Waals surface area (Å²) in [4.78, 5) is 16.8. The molecule has 1 aliphatic rings. The van der Waals surface area contributed by atoms with Crippen LogP contribution in [0, 0.1) is 0 Å². The highest BCUT2D eigenvalue weighted by Crippen LogP contribution is 2.28. The van der Waals surface area contributed by atoms with Gasteiger partial charge in [0.1, 0.15) is 5.75 Å². The minimum Gasteiger partial charge on any atom is -0.495 e. The third-order valence-corrected chi connectivity index (χ3v) is 4.96. The molecule has 126 valence electrons. The molecule has 1 amide bonds. The number of methoxy groups -OCH3 is 1. The van der Waals surface area contributed by atoms with Gasteiger partial charge in [0.05, 0.1) is 12.8 Å². The van der Waals surface area contributed by atoms with Gasteiger partial charge in [-0.3, -0.25) is 4.79 Å². The second-order valence-corrected chi connectivity index (χ2v) is 6.54. The van der Waals surface area contributed by atoms with E-state index in [1.165, 1.54) is 0 Å². The van der Waals surface area contributed by atoms with Gasteiger partial charge in [0.25, 0.3) is 5.91 Å². The normalized spacial score (nSPS) is 14.6. The maximum atomic E-state index is 12.6. The van der Waals surface area contributed by atoms with Gasteiger partial charge in [-0.2, -0.15) is 0 Å². The Morgan fingerprint density at radius 1 is 1.12 bits per heavy atom. The summed E-state index contributed by atoms with van der Waals surface area (Å²) in [5.74, 6) is 0.881. The van der Waals surface area contributed by atoms with Crippen molar-refractivity contribution in [2.45, 2.75) is 0 Å². The van der Waals surface area contributed by atoms with E-state index in [1.807, 2.05) is 35.2 Å². The van der Waals surface area contributed by atoms with Crippen LogP contribution in [0.25, 0.3) is 0 Å². The Morgan fingerprint density at radius 3 is 2.50 bits per heavy atom. The second kappa shape index (κ2) is 7.13. The Hall–Kier alpha value is -2.21. The zero-order chi connectivity index (χ0) is 17.1. The molecule has 0 atom stereocenters. The number of carbonyl (C=O) groups is 1. The van der Waals surface area contributed by atoms with Gasteiger partial charge in [0.15, 0.2) is 0 Å². The molecule has 24 heavy (non-hydrogen) atoms. The van der Waals surface area contributed by atoms with Gasteiger partial charge >= 0.3 is 0 Å². The predicted molar refractivity (Wildman–Crippen MR) is 99.7 cm³/mol. The third kappa shape index (κ3) is 3.33. The zero-order valence-electron chi connectivity index (χ0n) is 13.5. The molecule has 0 saturated carbocycles. The smallest absolute Gasteiger partial charge is 0.254 e. The predicted octanol–water partition coefficient (Wildman–Crippen LogP) is 3.00. The molecule has 0 bridgehead atoms. The summed E-state index contributed by atoms with van der Waals surface area (Å²) < 4.78 is 6.23. The third-order valence-electron chi connectivity index (χ3n) is 4.24. The molecule has 3 rings (SSSR count). The van der Waals surface area contributed by atoms with Crippen molar-refractivity contribution in [1.82, 2.24) is 4.90 Å². The number of halogens is 1. The highest BCUT2D eigenvalue weighted by molar-refractivity contribution is 9.10. The standard InChI is InChI=1S/C18H20BrN3O2/c1-24-17-5-3-2-4-16(17)21-8-10-22(11-9-21)18(23)13-6-7-14(19)15(20)12-13/h2-7,12H,8-11,20H2,1H3. The number of anilines is 2. The Morgan fingerprint density at radius 2 is 1.83 bits per heavy atom. The molecule has 0 radical (unpaired) electrons. The number of piperazine rings is 1. The lowest BCUT2D eigenvalue weighted by atomic mass is 10.1. The number of hydrogen-bond donors (Lipinski definition) is 1. The van der Waals surface area contributed by atoms with Gasteiger partial charge in [0, 0.05) is 41.9 Å². The highest BCUT2D eigenvalue weighted by atomic mass is 79.9. The summed E-state index contributed by atoms with van der Waals surface area (Å²) in [7, 11) is 1.68. The fourth-order valence-electron chi connectivity index (χ4n) is 2.90. The number of nitrogens with two attached hydrogens (primary N) is 1. The zero-order valence-corrected chi connectivity index (χ0v) is 15.1. The number of nitrogens with zero attached hydrogens (tertiary/aromatic N) is 2. The molecule has 0 spiro atoms. The summed E-state index contributed by atoms with van der Waals surface area (Å²) >= 11 is 3.35. The number of benzene rings is 2. The molecule has 2 aromatic carbocycles. The summed E-state index contributed by atoms with van der Waals surface area (Å²) in [5, 5.41) is 0. The van der Waals surface area contributed by atoms with E-state index in [9.17, 15) is 4.79 Å². The van der Waals surface area contributed by atoms with E-state index < -0.39 is 0 Å². The first kappa shape index (κ1) is 16.6. The quantitative estimate of drug-likeness (QED) is 0.819. The minimum absolute atomic E-state index is 0.0221. The fourth-order valence-corrected chi connectivity index (χ4v) is 3.15. The lowest BCUT2D eigenvalue weighted by Gasteiger charge is -2.36. The van der Waals surface area contributed by atoms with Crippen LogP contribution in [-0.2, 0) is 0 Å². The second-order valence-electron chi connectivity index (χ2n) is 5.69. The molecule has 1 fully saturated rings. The van der Waals surface area contributed by atoms with E-state index in [4.69, 9.17) is 10.5 Å². The van der Waals surface area contributed by atoms with Crippen molar-refractivity contribution in [2.75, 3.05) is 43.9 Å². The molecule has 2 N–H and O–H groups in total. The number of nitrogen functional groups attached to an aromatic ring is 1. The Bertz CT molecular complexity index is 743. The molecule has 5 nitrogen and oxygen atoms in total. The molecular formula is C18H20BrN3O2. The van der Waals surface area contributed by atoms with Gasteiger partial charge in [0.2, 0.25) is 0 Å². The first-order valence-electron chi connectivity index (χ1n) is 7.82. The number of rotatable bonds is 3. The van der Waals surface area contributed by atoms with Crippen LogP contribution in [0.5, 0.6) is 5.75 Å². The van der Waals surface area contributed by atoms with Crippen LogP contribution in [0.1, 0.15) is 10.4 Å². The molecule has 0 aromatic heterocycles. The van der Waals surface area contributed by atoms with Gasteiger partial charge in [-0.15, -0.1) is 0 Å². The highest BCUT2D eigenvalue weighted by Gasteiger charge is 2.23. The first-order chi connectivity index (χ1) is 11.6. The minimum atomic E-state index is 0.0221. The van der Waals surface area contributed by atoms with Crippen molar-refractivity contribution >= 4 is 33.2 Å². The average Bonchev–Trinajstić information content (AvgIpc) is 2.63. The maximum Gasteiger partial charge on any atom is 0.254 e. The van der Waals surface area contributed by atoms with Crippen LogP contribution in [0.15, 0.2) is 46.9 Å². The topological polar surface area (TPSA) is 58.8 Å². The van der Waals surface area contributed by atoms with Crippen LogP contribution in [-0.4, -0.2) is 44.1 Å². The van der Waals surface area contributed by atoms with Crippen LogP contribution < -0.4 is 15.4 Å². The van der Waals surface area contributed by atoms with Crippen molar-refractivity contribution in [3.8, 4) is 5.75 Å². The summed E-state index contributed by atoms with van der Waals surface area (Å²) in [6.45, 7) is 2.90. The van der Waals surface area contributed by atoms with Crippen LogP contribution in [0.4, 0.5) is 11.4 Å². The van der Waals surface area contributed by atoms with Crippen LogP contribution in [0.3, 0.4) is 0 Å². The van der Waals surface area contributed by atoms with E-state index in [0.29, 0.717) is 24.3 Å². The first-order valence-corrected chi connectivity index (χ1v) is 8.61. The Balaban J connectivity index is 1.68. The molecule has 0 aliphatic carbocycles. The molecule has 1 saturated heterocycles. The van der Waals surface area contributed by atoms with Crippen LogP contribution >= 0.6 is 15.9 Å². The van der Waals surface area contributed by atoms with Gasteiger partial charge < -0.3 is 20.3 Å². The molecule has 1 aliphatic heterocycles. The number of para-hydroxylation sites is 2. The van der Waals surface area contributed by atoms with E-state index >= 15 is 0 Å². The maximum absolute atomic E-state index is 12.6. The van der Waals surface area contributed by atoms with Crippen molar-refractivity contribution in [2.24, 2.45) is 0 Å². The average molecular weight is 390 g/mol. The van der Waals surface area contributed by atoms with Crippen molar-refractivity contribution < 1.29 is 9.53 Å². The Labute approximate surface area is 150 Å². The van der Waals surface area contributed by atoms with E-state index in [0.717, 1.165) is 29.0 Å². The van der Waals surface area contributed by atoms with Gasteiger partial charge in [-0.1, -0.05) is 12.1 Å². The van der Waals surface area contributed by atoms with E-state index in [-0.39, 0.29) is 5.91 Å². The molecular weight excluding hydrogens is 370 g/mol. The molecule has 2 aromatic rings. The number of ether oxygens (including phenoxy) is 1. The fraction of sp³-hybridized carbons (Fsp3) is 0.278. The lowest BCUT2D eigenvalue weighted by molar-refractivity contribution is 0.0746. The molecule has 1 heterocycles. The van der Waals surface area contributed by atoms with Crippen LogP contribution in [0.2, 0.25) is 0 Å². The van der Waals surface area contributed by atoms with Crippen molar-refractivity contribution in [3.63, 3.8) is 0 Å². The van der Waals surface area contributed by atoms with Gasteiger partial charge in [-0.25, -0.2) is 0 Å². The number of carbonyl (C=O) groups excluding carboxylic acids is 1.